The van der Waals surface area contributed by atoms with Gasteiger partial charge in [0.2, 0.25) is 0 Å². The Labute approximate surface area is 112 Å². The summed E-state index contributed by atoms with van der Waals surface area (Å²) in [6.07, 6.45) is 5.25. The standard InChI is InChI=1S/C16H27NO/c1-4-5-13-17-14(2)11-12-15(3)18-16-9-7-6-8-10-16/h6-10,14-15,17H,4-5,11-13H2,1-3H3/p+1/t14-,15-/m1/s1. The van der Waals surface area contributed by atoms with Crippen LogP contribution in [0.5, 0.6) is 5.75 Å². The lowest BCUT2D eigenvalue weighted by Crippen LogP contribution is -2.89. The van der Waals surface area contributed by atoms with E-state index in [2.05, 4.69) is 26.1 Å². The number of unbranched alkanes of at least 4 members (excludes halogenated alkanes) is 1. The minimum Gasteiger partial charge on any atom is -0.491 e. The number of nitrogens with two attached hydrogens (primary N) is 1. The van der Waals surface area contributed by atoms with E-state index in [0.717, 1.165) is 12.2 Å². The number of para-hydroxylation sites is 1. The summed E-state index contributed by atoms with van der Waals surface area (Å²) in [5.74, 6) is 0.979. The molecule has 0 saturated carbocycles. The van der Waals surface area contributed by atoms with E-state index in [9.17, 15) is 0 Å². The maximum Gasteiger partial charge on any atom is 0.119 e. The molecule has 0 aliphatic carbocycles. The Bertz CT molecular complexity index is 299. The van der Waals surface area contributed by atoms with Crippen molar-refractivity contribution in [2.75, 3.05) is 6.54 Å². The molecule has 1 aromatic rings. The van der Waals surface area contributed by atoms with Gasteiger partial charge >= 0.3 is 0 Å². The molecule has 2 nitrogen and oxygen atoms in total. The Kier molecular flexibility index (Phi) is 7.51. The molecular formula is C16H28NO+. The molecule has 1 aromatic carbocycles. The molecule has 0 bridgehead atoms. The monoisotopic (exact) mass is 250 g/mol. The first-order valence-corrected chi connectivity index (χ1v) is 7.27. The summed E-state index contributed by atoms with van der Waals surface area (Å²) in [7, 11) is 0. The molecule has 0 saturated heterocycles. The van der Waals surface area contributed by atoms with Gasteiger partial charge in [-0.05, 0) is 38.8 Å². The van der Waals surface area contributed by atoms with Gasteiger partial charge in [0.25, 0.3) is 0 Å². The van der Waals surface area contributed by atoms with Crippen LogP contribution < -0.4 is 10.1 Å². The van der Waals surface area contributed by atoms with E-state index in [1.54, 1.807) is 0 Å². The first-order valence-electron chi connectivity index (χ1n) is 7.27. The number of quaternary nitrogens is 1. The molecule has 2 N–H and O–H groups in total. The van der Waals surface area contributed by atoms with Gasteiger partial charge in [-0.15, -0.1) is 0 Å². The SMILES string of the molecule is CCCC[NH2+][C@H](C)CC[C@@H](C)Oc1ccccc1. The van der Waals surface area contributed by atoms with Crippen LogP contribution in [0.2, 0.25) is 0 Å². The van der Waals surface area contributed by atoms with Crippen LogP contribution in [-0.2, 0) is 0 Å². The third kappa shape index (κ3) is 6.65. The van der Waals surface area contributed by atoms with Gasteiger partial charge in [0, 0.05) is 6.42 Å². The van der Waals surface area contributed by atoms with Crippen molar-refractivity contribution in [1.82, 2.24) is 0 Å². The third-order valence-electron chi connectivity index (χ3n) is 3.24. The number of ether oxygens (including phenoxy) is 1. The van der Waals surface area contributed by atoms with E-state index in [1.165, 1.54) is 25.8 Å². The fourth-order valence-electron chi connectivity index (χ4n) is 2.01. The molecule has 0 unspecified atom stereocenters. The smallest absolute Gasteiger partial charge is 0.119 e. The van der Waals surface area contributed by atoms with Crippen LogP contribution in [0, 0.1) is 0 Å². The number of benzene rings is 1. The second-order valence-corrected chi connectivity index (χ2v) is 5.17. The van der Waals surface area contributed by atoms with E-state index in [4.69, 9.17) is 4.74 Å². The molecule has 2 atom stereocenters. The van der Waals surface area contributed by atoms with Crippen molar-refractivity contribution < 1.29 is 10.1 Å². The summed E-state index contributed by atoms with van der Waals surface area (Å²) < 4.78 is 5.88. The summed E-state index contributed by atoms with van der Waals surface area (Å²) in [6.45, 7) is 7.97. The molecule has 0 amide bonds. The molecule has 2 heteroatoms. The maximum atomic E-state index is 5.88. The molecule has 0 heterocycles. The molecule has 0 aliphatic heterocycles. The Morgan fingerprint density at radius 2 is 1.83 bits per heavy atom. The van der Waals surface area contributed by atoms with Crippen LogP contribution in [-0.4, -0.2) is 18.7 Å². The fraction of sp³-hybridized carbons (Fsp3) is 0.625. The Balaban J connectivity index is 2.14. The van der Waals surface area contributed by atoms with E-state index >= 15 is 0 Å². The second kappa shape index (κ2) is 8.98. The second-order valence-electron chi connectivity index (χ2n) is 5.17. The molecule has 18 heavy (non-hydrogen) atoms. The van der Waals surface area contributed by atoms with Crippen molar-refractivity contribution in [3.05, 3.63) is 30.3 Å². The summed E-state index contributed by atoms with van der Waals surface area (Å²) in [5.41, 5.74) is 0. The van der Waals surface area contributed by atoms with Crippen LogP contribution in [0.4, 0.5) is 0 Å². The van der Waals surface area contributed by atoms with E-state index in [1.807, 2.05) is 30.3 Å². The lowest BCUT2D eigenvalue weighted by atomic mass is 10.1. The van der Waals surface area contributed by atoms with Crippen LogP contribution in [0.3, 0.4) is 0 Å². The largest absolute Gasteiger partial charge is 0.491 e. The van der Waals surface area contributed by atoms with Gasteiger partial charge in [-0.2, -0.15) is 0 Å². The molecule has 0 aromatic heterocycles. The van der Waals surface area contributed by atoms with E-state index in [0.29, 0.717) is 12.1 Å². The number of hydrogen-bond acceptors (Lipinski definition) is 1. The summed E-state index contributed by atoms with van der Waals surface area (Å²) in [6, 6.07) is 10.8. The fourth-order valence-corrected chi connectivity index (χ4v) is 2.01. The number of hydrogen-bond donors (Lipinski definition) is 1. The Hall–Kier alpha value is -1.02. The molecule has 0 aliphatic rings. The summed E-state index contributed by atoms with van der Waals surface area (Å²) in [5, 5.41) is 2.46. The molecule has 102 valence electrons. The molecule has 0 spiro atoms. The van der Waals surface area contributed by atoms with Gasteiger partial charge in [0.1, 0.15) is 5.75 Å². The van der Waals surface area contributed by atoms with Crippen molar-refractivity contribution in [3.8, 4) is 5.75 Å². The third-order valence-corrected chi connectivity index (χ3v) is 3.24. The molecule has 0 fully saturated rings. The number of rotatable bonds is 9. The first kappa shape index (κ1) is 15.0. The predicted molar refractivity (Wildman–Crippen MR) is 76.9 cm³/mol. The zero-order valence-electron chi connectivity index (χ0n) is 12.1. The van der Waals surface area contributed by atoms with Crippen LogP contribution in [0.15, 0.2) is 30.3 Å². The van der Waals surface area contributed by atoms with Crippen molar-refractivity contribution in [1.29, 1.82) is 0 Å². The predicted octanol–water partition coefficient (Wildman–Crippen LogP) is 2.99. The molecule has 0 radical (unpaired) electrons. The van der Waals surface area contributed by atoms with Gasteiger partial charge in [0.15, 0.2) is 0 Å². The minimum atomic E-state index is 0.300. The van der Waals surface area contributed by atoms with Crippen LogP contribution in [0.25, 0.3) is 0 Å². The Morgan fingerprint density at radius 3 is 2.50 bits per heavy atom. The molecule has 1 rings (SSSR count). The average Bonchev–Trinajstić information content (AvgIpc) is 2.38. The van der Waals surface area contributed by atoms with Crippen molar-refractivity contribution in [2.45, 2.75) is 58.6 Å². The topological polar surface area (TPSA) is 25.8 Å². The van der Waals surface area contributed by atoms with Gasteiger partial charge < -0.3 is 10.1 Å². The van der Waals surface area contributed by atoms with Crippen molar-refractivity contribution in [2.24, 2.45) is 0 Å². The van der Waals surface area contributed by atoms with Crippen LogP contribution >= 0.6 is 0 Å². The van der Waals surface area contributed by atoms with Gasteiger partial charge in [-0.25, -0.2) is 0 Å². The van der Waals surface area contributed by atoms with Crippen molar-refractivity contribution >= 4 is 0 Å². The zero-order valence-corrected chi connectivity index (χ0v) is 12.1. The van der Waals surface area contributed by atoms with E-state index < -0.39 is 0 Å². The highest BCUT2D eigenvalue weighted by molar-refractivity contribution is 5.21. The minimum absolute atomic E-state index is 0.300. The summed E-state index contributed by atoms with van der Waals surface area (Å²) >= 11 is 0. The Morgan fingerprint density at radius 1 is 1.11 bits per heavy atom. The quantitative estimate of drug-likeness (QED) is 0.670. The highest BCUT2D eigenvalue weighted by Gasteiger charge is 2.09. The first-order chi connectivity index (χ1) is 8.72. The zero-order chi connectivity index (χ0) is 13.2. The van der Waals surface area contributed by atoms with E-state index in [-0.39, 0.29) is 0 Å². The van der Waals surface area contributed by atoms with Gasteiger partial charge in [-0.1, -0.05) is 31.5 Å². The lowest BCUT2D eigenvalue weighted by molar-refractivity contribution is -0.687. The highest BCUT2D eigenvalue weighted by atomic mass is 16.5. The molecular weight excluding hydrogens is 222 g/mol. The average molecular weight is 250 g/mol. The maximum absolute atomic E-state index is 5.88. The summed E-state index contributed by atoms with van der Waals surface area (Å²) in [4.78, 5) is 0. The normalized spacial score (nSPS) is 14.2. The van der Waals surface area contributed by atoms with Crippen LogP contribution in [0.1, 0.15) is 46.5 Å². The van der Waals surface area contributed by atoms with Gasteiger partial charge in [0.05, 0.1) is 18.7 Å². The van der Waals surface area contributed by atoms with Gasteiger partial charge in [-0.3, -0.25) is 0 Å². The lowest BCUT2D eigenvalue weighted by Gasteiger charge is -2.16. The highest BCUT2D eigenvalue weighted by Crippen LogP contribution is 2.13. The van der Waals surface area contributed by atoms with Crippen molar-refractivity contribution in [3.63, 3.8) is 0 Å².